The smallest absolute Gasteiger partial charge is 0.258 e. The van der Waals surface area contributed by atoms with E-state index in [1.165, 1.54) is 9.78 Å². The van der Waals surface area contributed by atoms with Gasteiger partial charge in [-0.1, -0.05) is 23.7 Å². The number of benzene rings is 1. The number of para-hydroxylation sites is 1. The van der Waals surface area contributed by atoms with Crippen LogP contribution in [0.4, 0.5) is 0 Å². The molecule has 5 nitrogen and oxygen atoms in total. The molecule has 0 unspecified atom stereocenters. The summed E-state index contributed by atoms with van der Waals surface area (Å²) in [7, 11) is 0. The highest BCUT2D eigenvalue weighted by molar-refractivity contribution is 7.16. The molecule has 2 aromatic heterocycles. The molecule has 7 heteroatoms. The van der Waals surface area contributed by atoms with Crippen LogP contribution in [0.15, 0.2) is 41.2 Å². The number of aromatic nitrogens is 2. The van der Waals surface area contributed by atoms with Crippen LogP contribution in [0.3, 0.4) is 0 Å². The van der Waals surface area contributed by atoms with E-state index in [4.69, 9.17) is 16.6 Å². The lowest BCUT2D eigenvalue weighted by atomic mass is 10.2. The number of piperazine rings is 1. The van der Waals surface area contributed by atoms with Gasteiger partial charge >= 0.3 is 0 Å². The monoisotopic (exact) mass is 390 g/mol. The van der Waals surface area contributed by atoms with Gasteiger partial charge in [0, 0.05) is 0 Å². The van der Waals surface area contributed by atoms with Gasteiger partial charge in [-0.05, 0) is 31.2 Å². The largest absolute Gasteiger partial charge is 0.321 e. The first-order valence-electron chi connectivity index (χ1n) is 9.01. The van der Waals surface area contributed by atoms with E-state index in [0.717, 1.165) is 48.4 Å². The Balaban J connectivity index is 1.43. The highest BCUT2D eigenvalue weighted by Crippen LogP contribution is 2.20. The SMILES string of the molecule is C[C@@H](c1nc2ccccc2c(=O)[nH]1)[NH+]1CC[NH+](Cc2ccc(Cl)s2)CC1. The van der Waals surface area contributed by atoms with E-state index in [1.54, 1.807) is 16.2 Å². The summed E-state index contributed by atoms with van der Waals surface area (Å²) >= 11 is 7.71. The molecule has 1 fully saturated rings. The molecule has 1 aliphatic rings. The topological polar surface area (TPSA) is 54.6 Å². The molecule has 1 aromatic carbocycles. The predicted molar refractivity (Wildman–Crippen MR) is 105 cm³/mol. The highest BCUT2D eigenvalue weighted by atomic mass is 35.5. The summed E-state index contributed by atoms with van der Waals surface area (Å²) in [6.07, 6.45) is 0. The van der Waals surface area contributed by atoms with Gasteiger partial charge in [-0.3, -0.25) is 4.79 Å². The second-order valence-electron chi connectivity index (χ2n) is 6.98. The number of hydrogen-bond acceptors (Lipinski definition) is 3. The summed E-state index contributed by atoms with van der Waals surface area (Å²) in [5, 5.41) is 0.655. The molecule has 0 bridgehead atoms. The van der Waals surface area contributed by atoms with Crippen LogP contribution in [0.1, 0.15) is 23.7 Å². The maximum Gasteiger partial charge on any atom is 0.258 e. The molecule has 3 aromatic rings. The molecular formula is C19H23ClN4OS+2. The van der Waals surface area contributed by atoms with Crippen LogP contribution in [0.25, 0.3) is 10.9 Å². The maximum absolute atomic E-state index is 12.3. The number of nitrogens with one attached hydrogen (secondary N) is 3. The number of nitrogens with zero attached hydrogens (tertiary/aromatic N) is 1. The third-order valence-corrected chi connectivity index (χ3v) is 6.54. The van der Waals surface area contributed by atoms with Crippen molar-refractivity contribution in [3.05, 3.63) is 61.8 Å². The number of H-pyrrole nitrogens is 1. The molecule has 0 spiro atoms. The second kappa shape index (κ2) is 7.48. The molecule has 3 N–H and O–H groups in total. The first-order valence-corrected chi connectivity index (χ1v) is 10.2. The lowest BCUT2D eigenvalue weighted by molar-refractivity contribution is -1.03. The Bertz CT molecular complexity index is 961. The molecule has 3 heterocycles. The first kappa shape index (κ1) is 17.7. The normalized spacial score (nSPS) is 21.8. The van der Waals surface area contributed by atoms with Crippen molar-refractivity contribution in [2.24, 2.45) is 0 Å². The van der Waals surface area contributed by atoms with Crippen LogP contribution in [0.5, 0.6) is 0 Å². The summed E-state index contributed by atoms with van der Waals surface area (Å²) in [4.78, 5) is 24.5. The van der Waals surface area contributed by atoms with Gasteiger partial charge in [0.15, 0.2) is 5.82 Å². The molecule has 0 amide bonds. The van der Waals surface area contributed by atoms with Crippen molar-refractivity contribution in [3.63, 3.8) is 0 Å². The van der Waals surface area contributed by atoms with Crippen LogP contribution in [0.2, 0.25) is 4.34 Å². The lowest BCUT2D eigenvalue weighted by Gasteiger charge is -2.32. The van der Waals surface area contributed by atoms with Crippen molar-refractivity contribution in [2.75, 3.05) is 26.2 Å². The fourth-order valence-electron chi connectivity index (χ4n) is 3.73. The molecule has 1 atom stereocenters. The number of quaternary nitrogens is 2. The number of rotatable bonds is 4. The third kappa shape index (κ3) is 3.69. The van der Waals surface area contributed by atoms with Crippen molar-refractivity contribution in [1.82, 2.24) is 9.97 Å². The van der Waals surface area contributed by atoms with E-state index in [0.29, 0.717) is 5.39 Å². The Hall–Kier alpha value is -1.73. The Morgan fingerprint density at radius 2 is 1.96 bits per heavy atom. The summed E-state index contributed by atoms with van der Waals surface area (Å²) in [5.41, 5.74) is 0.729. The minimum Gasteiger partial charge on any atom is -0.321 e. The molecule has 4 rings (SSSR count). The van der Waals surface area contributed by atoms with Crippen LogP contribution in [-0.2, 0) is 6.54 Å². The van der Waals surface area contributed by atoms with Crippen molar-refractivity contribution in [2.45, 2.75) is 19.5 Å². The molecule has 0 radical (unpaired) electrons. The van der Waals surface area contributed by atoms with Crippen LogP contribution in [-0.4, -0.2) is 36.1 Å². The molecule has 1 saturated heterocycles. The van der Waals surface area contributed by atoms with Gasteiger partial charge in [0.2, 0.25) is 0 Å². The number of fused-ring (bicyclic) bond motifs is 1. The van der Waals surface area contributed by atoms with Crippen molar-refractivity contribution >= 4 is 33.8 Å². The lowest BCUT2D eigenvalue weighted by Crippen LogP contribution is -3.27. The quantitative estimate of drug-likeness (QED) is 0.613. The van der Waals surface area contributed by atoms with E-state index in [2.05, 4.69) is 18.0 Å². The fraction of sp³-hybridized carbons (Fsp3) is 0.368. The molecule has 1 aliphatic heterocycles. The van der Waals surface area contributed by atoms with E-state index in [1.807, 2.05) is 30.3 Å². The Morgan fingerprint density at radius 1 is 1.19 bits per heavy atom. The van der Waals surface area contributed by atoms with Gasteiger partial charge in [0.25, 0.3) is 5.56 Å². The van der Waals surface area contributed by atoms with Gasteiger partial charge < -0.3 is 14.8 Å². The Labute approximate surface area is 161 Å². The van der Waals surface area contributed by atoms with E-state index < -0.39 is 0 Å². The number of hydrogen-bond donors (Lipinski definition) is 3. The molecule has 0 aliphatic carbocycles. The standard InChI is InChI=1S/C19H21ClN4OS/c1-13(18-21-16-5-3-2-4-15(16)19(25)22-18)24-10-8-23(9-11-24)12-14-6-7-17(20)26-14/h2-7,13H,8-12H2,1H3,(H,21,22,25)/p+2/t13-/m0/s1. The van der Waals surface area contributed by atoms with Gasteiger partial charge in [0.1, 0.15) is 38.8 Å². The molecular weight excluding hydrogens is 368 g/mol. The van der Waals surface area contributed by atoms with Gasteiger partial charge in [-0.2, -0.15) is 0 Å². The zero-order chi connectivity index (χ0) is 18.1. The average molecular weight is 391 g/mol. The Kier molecular flexibility index (Phi) is 5.09. The average Bonchev–Trinajstić information content (AvgIpc) is 3.06. The predicted octanol–water partition coefficient (Wildman–Crippen LogP) is 0.683. The fourth-order valence-corrected chi connectivity index (χ4v) is 4.89. The van der Waals surface area contributed by atoms with E-state index in [9.17, 15) is 4.79 Å². The van der Waals surface area contributed by atoms with Crippen molar-refractivity contribution in [3.8, 4) is 0 Å². The van der Waals surface area contributed by atoms with Crippen molar-refractivity contribution in [1.29, 1.82) is 0 Å². The Morgan fingerprint density at radius 3 is 2.69 bits per heavy atom. The zero-order valence-electron chi connectivity index (χ0n) is 14.7. The zero-order valence-corrected chi connectivity index (χ0v) is 16.3. The maximum atomic E-state index is 12.3. The molecule has 26 heavy (non-hydrogen) atoms. The minimum atomic E-state index is -0.0457. The second-order valence-corrected chi connectivity index (χ2v) is 8.78. The summed E-state index contributed by atoms with van der Waals surface area (Å²) < 4.78 is 0.864. The van der Waals surface area contributed by atoms with Crippen LogP contribution in [0, 0.1) is 0 Å². The van der Waals surface area contributed by atoms with E-state index in [-0.39, 0.29) is 11.6 Å². The van der Waals surface area contributed by atoms with Crippen LogP contribution < -0.4 is 15.4 Å². The van der Waals surface area contributed by atoms with Gasteiger partial charge in [-0.15, -0.1) is 11.3 Å². The third-order valence-electron chi connectivity index (χ3n) is 5.31. The first-order chi connectivity index (χ1) is 12.6. The molecule has 0 saturated carbocycles. The minimum absolute atomic E-state index is 0.0457. The van der Waals surface area contributed by atoms with Crippen LogP contribution >= 0.6 is 22.9 Å². The summed E-state index contributed by atoms with van der Waals surface area (Å²) in [6.45, 7) is 7.59. The van der Waals surface area contributed by atoms with Gasteiger partial charge in [-0.25, -0.2) is 4.98 Å². The number of aromatic amines is 1. The van der Waals surface area contributed by atoms with Gasteiger partial charge in [0.05, 0.1) is 20.1 Å². The van der Waals surface area contributed by atoms with E-state index >= 15 is 0 Å². The number of halogens is 1. The summed E-state index contributed by atoms with van der Waals surface area (Å²) in [6, 6.07) is 11.8. The molecule has 136 valence electrons. The summed E-state index contributed by atoms with van der Waals surface area (Å²) in [5.74, 6) is 0.789. The van der Waals surface area contributed by atoms with Crippen molar-refractivity contribution < 1.29 is 9.80 Å². The highest BCUT2D eigenvalue weighted by Gasteiger charge is 2.29. The number of thiophene rings is 1.